The lowest BCUT2D eigenvalue weighted by molar-refractivity contribution is 0.0952. The van der Waals surface area contributed by atoms with E-state index in [1.807, 2.05) is 0 Å². The summed E-state index contributed by atoms with van der Waals surface area (Å²) < 4.78 is 0. The second-order valence-corrected chi connectivity index (χ2v) is 3.14. The molecule has 2 N–H and O–H groups in total. The summed E-state index contributed by atoms with van der Waals surface area (Å²) in [5.74, 6) is 0.691. The summed E-state index contributed by atoms with van der Waals surface area (Å²) in [5, 5.41) is 9.15. The van der Waals surface area contributed by atoms with Crippen molar-refractivity contribution >= 4 is 5.91 Å². The average Bonchev–Trinajstić information content (AvgIpc) is 2.74. The molecule has 0 atom stereocenters. The van der Waals surface area contributed by atoms with Gasteiger partial charge in [0.15, 0.2) is 0 Å². The third kappa shape index (κ3) is 1.64. The number of aromatic amines is 1. The van der Waals surface area contributed by atoms with E-state index in [9.17, 15) is 4.79 Å². The number of carbonyl (C=O) groups is 1. The molecule has 1 aliphatic carbocycles. The first-order chi connectivity index (χ1) is 5.86. The van der Waals surface area contributed by atoms with Crippen molar-refractivity contribution in [3.05, 3.63) is 18.0 Å². The molecule has 0 unspecified atom stereocenters. The van der Waals surface area contributed by atoms with E-state index in [0.717, 1.165) is 12.5 Å². The van der Waals surface area contributed by atoms with E-state index in [2.05, 4.69) is 15.5 Å². The van der Waals surface area contributed by atoms with Gasteiger partial charge in [0.2, 0.25) is 0 Å². The van der Waals surface area contributed by atoms with Crippen LogP contribution in [-0.4, -0.2) is 22.6 Å². The highest BCUT2D eigenvalue weighted by Crippen LogP contribution is 2.27. The molecule has 1 aromatic rings. The smallest absolute Gasteiger partial charge is 0.254 e. The monoisotopic (exact) mass is 165 g/mol. The van der Waals surface area contributed by atoms with E-state index < -0.39 is 0 Å². The molecule has 0 bridgehead atoms. The van der Waals surface area contributed by atoms with Crippen LogP contribution in [0, 0.1) is 5.92 Å². The van der Waals surface area contributed by atoms with E-state index >= 15 is 0 Å². The molecule has 1 aromatic heterocycles. The number of H-pyrrole nitrogens is 1. The molecule has 0 aromatic carbocycles. The van der Waals surface area contributed by atoms with Crippen molar-refractivity contribution in [2.45, 2.75) is 12.8 Å². The van der Waals surface area contributed by atoms with Crippen LogP contribution in [0.4, 0.5) is 0 Å². The van der Waals surface area contributed by atoms with Crippen LogP contribution in [0.25, 0.3) is 0 Å². The van der Waals surface area contributed by atoms with Crippen molar-refractivity contribution in [1.82, 2.24) is 15.5 Å². The van der Waals surface area contributed by atoms with Crippen molar-refractivity contribution in [3.63, 3.8) is 0 Å². The lowest BCUT2D eigenvalue weighted by Gasteiger charge is -1.99. The molecule has 1 aliphatic rings. The standard InChI is InChI=1S/C8H11N3O/c12-8(7-4-10-11-5-7)9-3-6-1-2-6/h4-6H,1-3H2,(H,9,12)(H,10,11). The Morgan fingerprint density at radius 3 is 3.17 bits per heavy atom. The van der Waals surface area contributed by atoms with Gasteiger partial charge in [0.05, 0.1) is 11.8 Å². The molecule has 64 valence electrons. The topological polar surface area (TPSA) is 57.8 Å². The number of hydrogen-bond acceptors (Lipinski definition) is 2. The lowest BCUT2D eigenvalue weighted by Crippen LogP contribution is -2.24. The maximum absolute atomic E-state index is 11.3. The minimum Gasteiger partial charge on any atom is -0.352 e. The summed E-state index contributed by atoms with van der Waals surface area (Å²) in [6.45, 7) is 0.810. The van der Waals surface area contributed by atoms with Gasteiger partial charge in [0.1, 0.15) is 0 Å². The van der Waals surface area contributed by atoms with Gasteiger partial charge in [-0.2, -0.15) is 5.10 Å². The highest BCUT2D eigenvalue weighted by Gasteiger charge is 2.21. The molecule has 12 heavy (non-hydrogen) atoms. The van der Waals surface area contributed by atoms with Crippen LogP contribution >= 0.6 is 0 Å². The highest BCUT2D eigenvalue weighted by molar-refractivity contribution is 5.93. The number of rotatable bonds is 3. The van der Waals surface area contributed by atoms with E-state index in [1.165, 1.54) is 19.0 Å². The summed E-state index contributed by atoms with van der Waals surface area (Å²) in [7, 11) is 0. The zero-order chi connectivity index (χ0) is 8.39. The fraction of sp³-hybridized carbons (Fsp3) is 0.500. The maximum Gasteiger partial charge on any atom is 0.254 e. The number of nitrogens with zero attached hydrogens (tertiary/aromatic N) is 1. The van der Waals surface area contributed by atoms with Crippen molar-refractivity contribution in [3.8, 4) is 0 Å². The van der Waals surface area contributed by atoms with Gasteiger partial charge < -0.3 is 5.32 Å². The average molecular weight is 165 g/mol. The molecule has 0 radical (unpaired) electrons. The van der Waals surface area contributed by atoms with Crippen molar-refractivity contribution in [1.29, 1.82) is 0 Å². The van der Waals surface area contributed by atoms with Crippen LogP contribution in [0.1, 0.15) is 23.2 Å². The third-order valence-electron chi connectivity index (χ3n) is 2.01. The highest BCUT2D eigenvalue weighted by atomic mass is 16.1. The fourth-order valence-electron chi connectivity index (χ4n) is 1.04. The lowest BCUT2D eigenvalue weighted by atomic mass is 10.3. The van der Waals surface area contributed by atoms with E-state index in [1.54, 1.807) is 6.20 Å². The van der Waals surface area contributed by atoms with Gasteiger partial charge in [-0.25, -0.2) is 0 Å². The van der Waals surface area contributed by atoms with E-state index in [4.69, 9.17) is 0 Å². The SMILES string of the molecule is O=C(NCC1CC1)c1cn[nH]c1. The van der Waals surface area contributed by atoms with Crippen LogP contribution in [0.3, 0.4) is 0 Å². The molecule has 4 nitrogen and oxygen atoms in total. The summed E-state index contributed by atoms with van der Waals surface area (Å²) in [6, 6.07) is 0. The van der Waals surface area contributed by atoms with Crippen molar-refractivity contribution in [2.75, 3.05) is 6.54 Å². The van der Waals surface area contributed by atoms with Gasteiger partial charge in [-0.05, 0) is 18.8 Å². The minimum atomic E-state index is -0.0318. The molecule has 1 heterocycles. The number of nitrogens with one attached hydrogen (secondary N) is 2. The molecule has 2 rings (SSSR count). The van der Waals surface area contributed by atoms with Crippen molar-refractivity contribution < 1.29 is 4.79 Å². The summed E-state index contributed by atoms with van der Waals surface area (Å²) in [6.07, 6.45) is 5.64. The maximum atomic E-state index is 11.3. The number of hydrogen-bond donors (Lipinski definition) is 2. The number of amides is 1. The van der Waals surface area contributed by atoms with E-state index in [0.29, 0.717) is 5.56 Å². The normalized spacial score (nSPS) is 16.0. The molecule has 1 saturated carbocycles. The number of carbonyl (C=O) groups excluding carboxylic acids is 1. The molecule has 0 aliphatic heterocycles. The minimum absolute atomic E-state index is 0.0318. The van der Waals surface area contributed by atoms with Gasteiger partial charge >= 0.3 is 0 Å². The summed E-state index contributed by atoms with van der Waals surface area (Å²) in [4.78, 5) is 11.3. The second-order valence-electron chi connectivity index (χ2n) is 3.14. The molecule has 0 spiro atoms. The Hall–Kier alpha value is -1.32. The Labute approximate surface area is 70.4 Å². The van der Waals surface area contributed by atoms with Crippen molar-refractivity contribution in [2.24, 2.45) is 5.92 Å². The van der Waals surface area contributed by atoms with E-state index in [-0.39, 0.29) is 5.91 Å². The van der Waals surface area contributed by atoms with Crippen LogP contribution in [0.5, 0.6) is 0 Å². The Bertz CT molecular complexity index is 264. The van der Waals surface area contributed by atoms with Gasteiger partial charge in [-0.15, -0.1) is 0 Å². The Kier molecular flexibility index (Phi) is 1.81. The third-order valence-corrected chi connectivity index (χ3v) is 2.01. The predicted octanol–water partition coefficient (Wildman–Crippen LogP) is 0.549. The van der Waals surface area contributed by atoms with Crippen LogP contribution < -0.4 is 5.32 Å². The van der Waals surface area contributed by atoms with Crippen LogP contribution in [0.15, 0.2) is 12.4 Å². The molecule has 1 fully saturated rings. The quantitative estimate of drug-likeness (QED) is 0.687. The van der Waals surface area contributed by atoms with Gasteiger partial charge in [0, 0.05) is 12.7 Å². The summed E-state index contributed by atoms with van der Waals surface area (Å²) >= 11 is 0. The molecular weight excluding hydrogens is 154 g/mol. The number of aromatic nitrogens is 2. The fourth-order valence-corrected chi connectivity index (χ4v) is 1.04. The first kappa shape index (κ1) is 7.34. The zero-order valence-electron chi connectivity index (χ0n) is 6.71. The second kappa shape index (κ2) is 2.97. The molecule has 1 amide bonds. The molecular formula is C8H11N3O. The molecule has 0 saturated heterocycles. The van der Waals surface area contributed by atoms with Gasteiger partial charge in [-0.1, -0.05) is 0 Å². The van der Waals surface area contributed by atoms with Crippen LogP contribution in [0.2, 0.25) is 0 Å². The Balaban J connectivity index is 1.83. The molecule has 4 heteroatoms. The Morgan fingerprint density at radius 2 is 2.58 bits per heavy atom. The first-order valence-corrected chi connectivity index (χ1v) is 4.13. The van der Waals surface area contributed by atoms with Gasteiger partial charge in [0.25, 0.3) is 5.91 Å². The summed E-state index contributed by atoms with van der Waals surface area (Å²) in [5.41, 5.74) is 0.607. The zero-order valence-corrected chi connectivity index (χ0v) is 6.71. The first-order valence-electron chi connectivity index (χ1n) is 4.13. The largest absolute Gasteiger partial charge is 0.352 e. The predicted molar refractivity (Wildman–Crippen MR) is 43.6 cm³/mol. The van der Waals surface area contributed by atoms with Gasteiger partial charge in [-0.3, -0.25) is 9.89 Å². The Morgan fingerprint density at radius 1 is 1.75 bits per heavy atom. The van der Waals surface area contributed by atoms with Crippen LogP contribution in [-0.2, 0) is 0 Å².